The molecule has 0 heterocycles. The van der Waals surface area contributed by atoms with E-state index < -0.39 is 51.8 Å². The first-order chi connectivity index (χ1) is 19.2. The third kappa shape index (κ3) is 25.7. The summed E-state index contributed by atoms with van der Waals surface area (Å²) in [6.45, 7) is 2.12. The molecule has 3 atom stereocenters. The molecule has 0 aliphatic heterocycles. The molecule has 10 nitrogen and oxygen atoms in total. The van der Waals surface area contributed by atoms with Crippen molar-refractivity contribution in [2.24, 2.45) is 0 Å². The average Bonchev–Trinajstić information content (AvgIpc) is 2.93. The number of carbonyl (C=O) groups is 2. The Balaban J connectivity index is 4.32. The molecular formula is C29H55O10P. The predicted octanol–water partition coefficient (Wildman–Crippen LogP) is 6.16. The van der Waals surface area contributed by atoms with Crippen molar-refractivity contribution in [3.8, 4) is 0 Å². The Morgan fingerprint density at radius 1 is 0.725 bits per heavy atom. The molecule has 0 aromatic heterocycles. The quantitative estimate of drug-likeness (QED) is 0.0416. The lowest BCUT2D eigenvalue weighted by molar-refractivity contribution is -0.161. The molecular weight excluding hydrogens is 539 g/mol. The van der Waals surface area contributed by atoms with Crippen LogP contribution in [0.15, 0.2) is 12.2 Å². The molecule has 0 aromatic carbocycles. The highest BCUT2D eigenvalue weighted by molar-refractivity contribution is 7.47. The summed E-state index contributed by atoms with van der Waals surface area (Å²) in [5.74, 6) is -0.965. The van der Waals surface area contributed by atoms with E-state index in [1.807, 2.05) is 6.92 Å². The van der Waals surface area contributed by atoms with Crippen LogP contribution in [-0.2, 0) is 32.7 Å². The average molecular weight is 595 g/mol. The Labute approximate surface area is 241 Å². The number of hydrogen-bond acceptors (Lipinski definition) is 9. The van der Waals surface area contributed by atoms with E-state index in [2.05, 4.69) is 23.6 Å². The lowest BCUT2D eigenvalue weighted by Gasteiger charge is -2.20. The third-order valence-electron chi connectivity index (χ3n) is 6.17. The van der Waals surface area contributed by atoms with Gasteiger partial charge in [-0.2, -0.15) is 0 Å². The summed E-state index contributed by atoms with van der Waals surface area (Å²) in [6.07, 6.45) is 18.5. The van der Waals surface area contributed by atoms with E-state index >= 15 is 0 Å². The van der Waals surface area contributed by atoms with Gasteiger partial charge in [-0.15, -0.1) is 0 Å². The second-order valence-electron chi connectivity index (χ2n) is 10.1. The lowest BCUT2D eigenvalue weighted by Crippen LogP contribution is -2.29. The molecule has 0 amide bonds. The van der Waals surface area contributed by atoms with Gasteiger partial charge in [0.25, 0.3) is 0 Å². The molecule has 40 heavy (non-hydrogen) atoms. The smallest absolute Gasteiger partial charge is 0.462 e. The number of esters is 2. The zero-order valence-electron chi connectivity index (χ0n) is 24.8. The van der Waals surface area contributed by atoms with Crippen LogP contribution in [0.1, 0.15) is 123 Å². The maximum Gasteiger partial charge on any atom is 0.472 e. The Morgan fingerprint density at radius 2 is 1.23 bits per heavy atom. The highest BCUT2D eigenvalue weighted by Crippen LogP contribution is 2.43. The van der Waals surface area contributed by atoms with Crippen LogP contribution in [0.4, 0.5) is 0 Å². The van der Waals surface area contributed by atoms with Crippen molar-refractivity contribution < 1.29 is 47.8 Å². The highest BCUT2D eigenvalue weighted by atomic mass is 31.2. The molecule has 11 heteroatoms. The largest absolute Gasteiger partial charge is 0.472 e. The predicted molar refractivity (Wildman–Crippen MR) is 155 cm³/mol. The van der Waals surface area contributed by atoms with E-state index in [1.54, 1.807) is 0 Å². The van der Waals surface area contributed by atoms with Crippen LogP contribution in [0.5, 0.6) is 0 Å². The minimum Gasteiger partial charge on any atom is -0.462 e. The van der Waals surface area contributed by atoms with Gasteiger partial charge in [0.1, 0.15) is 12.7 Å². The van der Waals surface area contributed by atoms with E-state index in [1.165, 1.54) is 32.1 Å². The molecule has 3 unspecified atom stereocenters. The number of ether oxygens (including phenoxy) is 2. The van der Waals surface area contributed by atoms with E-state index in [4.69, 9.17) is 19.1 Å². The Bertz CT molecular complexity index is 700. The molecule has 0 radical (unpaired) electrons. The molecule has 0 saturated heterocycles. The molecule has 0 aliphatic carbocycles. The highest BCUT2D eigenvalue weighted by Gasteiger charge is 2.27. The first kappa shape index (κ1) is 38.7. The maximum atomic E-state index is 12.4. The Kier molecular flexibility index (Phi) is 25.7. The van der Waals surface area contributed by atoms with Gasteiger partial charge in [0.05, 0.1) is 19.8 Å². The third-order valence-corrected chi connectivity index (χ3v) is 7.12. The number of allylic oxidation sites excluding steroid dienone is 2. The number of aliphatic hydroxyl groups excluding tert-OH is 2. The Morgan fingerprint density at radius 3 is 1.85 bits per heavy atom. The monoisotopic (exact) mass is 594 g/mol. The normalized spacial score (nSPS) is 14.6. The topological polar surface area (TPSA) is 149 Å². The number of rotatable bonds is 28. The van der Waals surface area contributed by atoms with E-state index in [9.17, 15) is 24.2 Å². The van der Waals surface area contributed by atoms with Crippen LogP contribution in [0.3, 0.4) is 0 Å². The number of phosphoric ester groups is 1. The second kappa shape index (κ2) is 26.6. The van der Waals surface area contributed by atoms with Gasteiger partial charge in [0.2, 0.25) is 0 Å². The van der Waals surface area contributed by atoms with Crippen LogP contribution in [-0.4, -0.2) is 65.7 Å². The summed E-state index contributed by atoms with van der Waals surface area (Å²) in [6, 6.07) is 0. The lowest BCUT2D eigenvalue weighted by atomic mass is 10.1. The zero-order valence-corrected chi connectivity index (χ0v) is 25.7. The fourth-order valence-electron chi connectivity index (χ4n) is 3.75. The SMILES string of the molecule is CCCCCCC/C=C\CCCCCCCC(=O)OC(COC(=O)CCCCC)COP(=O)(O)OCC(O)CO. The van der Waals surface area contributed by atoms with Crippen LogP contribution in [0.2, 0.25) is 0 Å². The van der Waals surface area contributed by atoms with E-state index in [0.29, 0.717) is 12.8 Å². The molecule has 0 rings (SSSR count). The summed E-state index contributed by atoms with van der Waals surface area (Å²) in [7, 11) is -4.59. The van der Waals surface area contributed by atoms with Crippen LogP contribution < -0.4 is 0 Å². The van der Waals surface area contributed by atoms with Gasteiger partial charge in [0, 0.05) is 12.8 Å². The van der Waals surface area contributed by atoms with Crippen LogP contribution >= 0.6 is 7.82 Å². The molecule has 0 bridgehead atoms. The molecule has 3 N–H and O–H groups in total. The number of aliphatic hydroxyl groups is 2. The molecule has 0 spiro atoms. The molecule has 0 saturated carbocycles. The van der Waals surface area contributed by atoms with Gasteiger partial charge >= 0.3 is 19.8 Å². The fraction of sp³-hybridized carbons (Fsp3) is 0.862. The van der Waals surface area contributed by atoms with Gasteiger partial charge in [-0.25, -0.2) is 4.57 Å². The van der Waals surface area contributed by atoms with E-state index in [0.717, 1.165) is 51.4 Å². The standard InChI is InChI=1S/C29H55O10P/c1-3-5-7-8-9-10-11-12-13-14-15-16-17-19-21-29(33)39-27(24-36-28(32)20-18-6-4-2)25-38-40(34,35)37-23-26(31)22-30/h11-12,26-27,30-31H,3-10,13-25H2,1-2H3,(H,34,35)/b12-11-. The van der Waals surface area contributed by atoms with Crippen LogP contribution in [0.25, 0.3) is 0 Å². The summed E-state index contributed by atoms with van der Waals surface area (Å²) < 4.78 is 32.0. The summed E-state index contributed by atoms with van der Waals surface area (Å²) in [5.41, 5.74) is 0. The molecule has 0 fully saturated rings. The van der Waals surface area contributed by atoms with Gasteiger partial charge in [-0.3, -0.25) is 18.6 Å². The van der Waals surface area contributed by atoms with Crippen molar-refractivity contribution in [2.75, 3.05) is 26.4 Å². The number of hydrogen-bond donors (Lipinski definition) is 3. The minimum atomic E-state index is -4.59. The summed E-state index contributed by atoms with van der Waals surface area (Å²) in [5, 5.41) is 18.1. The van der Waals surface area contributed by atoms with Crippen molar-refractivity contribution in [1.29, 1.82) is 0 Å². The summed E-state index contributed by atoms with van der Waals surface area (Å²) >= 11 is 0. The van der Waals surface area contributed by atoms with Crippen molar-refractivity contribution >= 4 is 19.8 Å². The molecule has 0 aromatic rings. The first-order valence-corrected chi connectivity index (χ1v) is 16.6. The second-order valence-corrected chi connectivity index (χ2v) is 11.6. The first-order valence-electron chi connectivity index (χ1n) is 15.1. The molecule has 236 valence electrons. The van der Waals surface area contributed by atoms with Gasteiger partial charge < -0.3 is 24.6 Å². The molecule has 0 aliphatic rings. The summed E-state index contributed by atoms with van der Waals surface area (Å²) in [4.78, 5) is 34.1. The van der Waals surface area contributed by atoms with Gasteiger partial charge in [-0.1, -0.05) is 83.8 Å². The maximum absolute atomic E-state index is 12.4. The van der Waals surface area contributed by atoms with Crippen molar-refractivity contribution in [1.82, 2.24) is 0 Å². The Hall–Kier alpha value is -1.29. The van der Waals surface area contributed by atoms with Crippen molar-refractivity contribution in [2.45, 2.75) is 135 Å². The van der Waals surface area contributed by atoms with Crippen molar-refractivity contribution in [3.05, 3.63) is 12.2 Å². The van der Waals surface area contributed by atoms with Crippen LogP contribution in [0, 0.1) is 0 Å². The fourth-order valence-corrected chi connectivity index (χ4v) is 4.54. The number of carbonyl (C=O) groups excluding carboxylic acids is 2. The van der Waals surface area contributed by atoms with E-state index in [-0.39, 0.29) is 19.4 Å². The van der Waals surface area contributed by atoms with Gasteiger partial charge in [0.15, 0.2) is 6.10 Å². The van der Waals surface area contributed by atoms with Gasteiger partial charge in [-0.05, 0) is 38.5 Å². The number of phosphoric acid groups is 1. The minimum absolute atomic E-state index is 0.175. The number of unbranched alkanes of at least 4 members (excludes halogenated alkanes) is 12. The zero-order chi connectivity index (χ0) is 29.9. The van der Waals surface area contributed by atoms with Crippen molar-refractivity contribution in [3.63, 3.8) is 0 Å².